The molecular weight excluding hydrogens is 228 g/mol. The molecule has 0 radical (unpaired) electrons. The molecule has 1 fully saturated rings. The summed E-state index contributed by atoms with van der Waals surface area (Å²) in [5.74, 6) is 0.394. The Morgan fingerprint density at radius 1 is 1.50 bits per heavy atom. The maximum absolute atomic E-state index is 11.9. The van der Waals surface area contributed by atoms with Crippen molar-refractivity contribution in [3.05, 3.63) is 0 Å². The minimum atomic E-state index is -0.0594. The molecule has 0 heterocycles. The predicted octanol–water partition coefficient (Wildman–Crippen LogP) is 1.68. The zero-order valence-electron chi connectivity index (χ0n) is 12.3. The van der Waals surface area contributed by atoms with Crippen LogP contribution in [0.4, 0.5) is 0 Å². The van der Waals surface area contributed by atoms with Gasteiger partial charge in [-0.2, -0.15) is 0 Å². The van der Waals surface area contributed by atoms with Gasteiger partial charge in [0.25, 0.3) is 0 Å². The summed E-state index contributed by atoms with van der Waals surface area (Å²) in [4.78, 5) is 11.9. The molecule has 3 N–H and O–H groups in total. The van der Waals surface area contributed by atoms with Gasteiger partial charge in [-0.1, -0.05) is 27.7 Å². The summed E-state index contributed by atoms with van der Waals surface area (Å²) in [5, 5.41) is 3.08. The van der Waals surface area contributed by atoms with Crippen molar-refractivity contribution < 1.29 is 9.53 Å². The summed E-state index contributed by atoms with van der Waals surface area (Å²) in [6, 6.07) is 0.150. The third-order valence-corrected chi connectivity index (χ3v) is 4.16. The molecule has 106 valence electrons. The second-order valence-electron chi connectivity index (χ2n) is 6.23. The topological polar surface area (TPSA) is 64.3 Å². The molecule has 0 spiro atoms. The summed E-state index contributed by atoms with van der Waals surface area (Å²) in [7, 11) is 0. The molecule has 0 aliphatic heterocycles. The van der Waals surface area contributed by atoms with Crippen LogP contribution in [-0.2, 0) is 9.53 Å². The number of carbonyl (C=O) groups is 1. The summed E-state index contributed by atoms with van der Waals surface area (Å²) >= 11 is 0. The molecular formula is C14H28N2O2. The van der Waals surface area contributed by atoms with Gasteiger partial charge < -0.3 is 15.8 Å². The highest BCUT2D eigenvalue weighted by Crippen LogP contribution is 2.42. The minimum Gasteiger partial charge on any atom is -0.378 e. The van der Waals surface area contributed by atoms with Gasteiger partial charge in [-0.15, -0.1) is 0 Å². The predicted molar refractivity (Wildman–Crippen MR) is 73.2 cm³/mol. The van der Waals surface area contributed by atoms with E-state index in [0.29, 0.717) is 12.3 Å². The molecule has 1 aliphatic rings. The zero-order valence-corrected chi connectivity index (χ0v) is 12.3. The lowest BCUT2D eigenvalue weighted by molar-refractivity contribution is -0.137. The lowest BCUT2D eigenvalue weighted by Crippen LogP contribution is -2.62. The summed E-state index contributed by atoms with van der Waals surface area (Å²) in [5.41, 5.74) is 5.93. The molecule has 18 heavy (non-hydrogen) atoms. The number of hydrogen-bond donors (Lipinski definition) is 2. The van der Waals surface area contributed by atoms with E-state index in [1.165, 1.54) is 0 Å². The third kappa shape index (κ3) is 3.45. The molecule has 3 atom stereocenters. The van der Waals surface area contributed by atoms with Crippen LogP contribution >= 0.6 is 0 Å². The van der Waals surface area contributed by atoms with Crippen LogP contribution in [0.2, 0.25) is 0 Å². The van der Waals surface area contributed by atoms with Crippen LogP contribution in [0.15, 0.2) is 0 Å². The highest BCUT2D eigenvalue weighted by atomic mass is 16.5. The lowest BCUT2D eigenvalue weighted by Gasteiger charge is -2.51. The fraction of sp³-hybridized carbons (Fsp3) is 0.929. The number of nitrogens with one attached hydrogen (secondary N) is 1. The maximum Gasteiger partial charge on any atom is 0.221 e. The van der Waals surface area contributed by atoms with E-state index in [-0.39, 0.29) is 29.5 Å². The number of carbonyl (C=O) groups excluding carboxylic acids is 1. The standard InChI is InChI=1S/C14H28N2O2/c1-6-18-12-8-11(14(12,4)5)16-13(17)7-10(15)9(2)3/h9-12H,6-8,15H2,1-5H3,(H,16,17). The van der Waals surface area contributed by atoms with Crippen molar-refractivity contribution in [1.82, 2.24) is 5.32 Å². The van der Waals surface area contributed by atoms with E-state index in [9.17, 15) is 4.79 Å². The van der Waals surface area contributed by atoms with E-state index in [0.717, 1.165) is 13.0 Å². The van der Waals surface area contributed by atoms with Crippen LogP contribution in [0.5, 0.6) is 0 Å². The van der Waals surface area contributed by atoms with E-state index >= 15 is 0 Å². The SMILES string of the molecule is CCOC1CC(NC(=O)CC(N)C(C)C)C1(C)C. The average Bonchev–Trinajstić information content (AvgIpc) is 2.27. The number of hydrogen-bond acceptors (Lipinski definition) is 3. The molecule has 1 aliphatic carbocycles. The van der Waals surface area contributed by atoms with E-state index in [4.69, 9.17) is 10.5 Å². The van der Waals surface area contributed by atoms with Gasteiger partial charge >= 0.3 is 0 Å². The smallest absolute Gasteiger partial charge is 0.221 e. The van der Waals surface area contributed by atoms with Crippen molar-refractivity contribution in [3.8, 4) is 0 Å². The van der Waals surface area contributed by atoms with Crippen LogP contribution in [-0.4, -0.2) is 30.7 Å². The van der Waals surface area contributed by atoms with Gasteiger partial charge in [-0.25, -0.2) is 0 Å². The summed E-state index contributed by atoms with van der Waals surface area (Å²) < 4.78 is 5.65. The third-order valence-electron chi connectivity index (χ3n) is 4.16. The van der Waals surface area contributed by atoms with Crippen LogP contribution in [0.3, 0.4) is 0 Å². The molecule has 4 nitrogen and oxygen atoms in total. The van der Waals surface area contributed by atoms with Crippen molar-refractivity contribution in [1.29, 1.82) is 0 Å². The molecule has 0 aromatic carbocycles. The van der Waals surface area contributed by atoms with Crippen LogP contribution in [0.1, 0.15) is 47.5 Å². The molecule has 1 rings (SSSR count). The Balaban J connectivity index is 2.39. The van der Waals surface area contributed by atoms with Crippen molar-refractivity contribution >= 4 is 5.91 Å². The Kier molecular flexibility index (Phi) is 5.17. The first-order valence-corrected chi connectivity index (χ1v) is 6.95. The average molecular weight is 256 g/mol. The van der Waals surface area contributed by atoms with Crippen LogP contribution in [0, 0.1) is 11.3 Å². The molecule has 1 amide bonds. The highest BCUT2D eigenvalue weighted by Gasteiger charge is 2.49. The molecule has 0 saturated heterocycles. The lowest BCUT2D eigenvalue weighted by atomic mass is 9.64. The van der Waals surface area contributed by atoms with E-state index < -0.39 is 0 Å². The van der Waals surface area contributed by atoms with Crippen molar-refractivity contribution in [3.63, 3.8) is 0 Å². The first kappa shape index (κ1) is 15.4. The van der Waals surface area contributed by atoms with E-state index in [1.807, 2.05) is 20.8 Å². The fourth-order valence-electron chi connectivity index (χ4n) is 2.32. The Morgan fingerprint density at radius 2 is 2.11 bits per heavy atom. The van der Waals surface area contributed by atoms with E-state index in [2.05, 4.69) is 19.2 Å². The van der Waals surface area contributed by atoms with Crippen molar-refractivity contribution in [2.45, 2.75) is 65.6 Å². The molecule has 3 unspecified atom stereocenters. The van der Waals surface area contributed by atoms with Gasteiger partial charge in [-0.05, 0) is 19.3 Å². The largest absolute Gasteiger partial charge is 0.378 e. The summed E-state index contributed by atoms with van der Waals surface area (Å²) in [6.07, 6.45) is 1.57. The van der Waals surface area contributed by atoms with Gasteiger partial charge in [0.2, 0.25) is 5.91 Å². The second kappa shape index (κ2) is 6.02. The number of rotatable bonds is 6. The van der Waals surface area contributed by atoms with Crippen LogP contribution < -0.4 is 11.1 Å². The van der Waals surface area contributed by atoms with Gasteiger partial charge in [0.05, 0.1) is 6.10 Å². The van der Waals surface area contributed by atoms with Crippen molar-refractivity contribution in [2.75, 3.05) is 6.61 Å². The fourth-order valence-corrected chi connectivity index (χ4v) is 2.32. The normalized spacial score (nSPS) is 27.7. The van der Waals surface area contributed by atoms with E-state index in [1.54, 1.807) is 0 Å². The van der Waals surface area contributed by atoms with Gasteiger partial charge in [0.1, 0.15) is 0 Å². The molecule has 0 aromatic heterocycles. The Hall–Kier alpha value is -0.610. The van der Waals surface area contributed by atoms with Crippen molar-refractivity contribution in [2.24, 2.45) is 17.1 Å². The molecule has 0 bridgehead atoms. The Labute approximate surface area is 111 Å². The maximum atomic E-state index is 11.9. The zero-order chi connectivity index (χ0) is 13.9. The van der Waals surface area contributed by atoms with Gasteiger partial charge in [0.15, 0.2) is 0 Å². The first-order valence-electron chi connectivity index (χ1n) is 6.95. The second-order valence-corrected chi connectivity index (χ2v) is 6.23. The quantitative estimate of drug-likeness (QED) is 0.760. The molecule has 4 heteroatoms. The van der Waals surface area contributed by atoms with Gasteiger partial charge in [-0.3, -0.25) is 4.79 Å². The summed E-state index contributed by atoms with van der Waals surface area (Å²) in [6.45, 7) is 11.1. The number of nitrogens with two attached hydrogens (primary N) is 1. The minimum absolute atomic E-state index is 0.0214. The molecule has 0 aromatic rings. The highest BCUT2D eigenvalue weighted by molar-refractivity contribution is 5.77. The Bertz CT molecular complexity index is 290. The van der Waals surface area contributed by atoms with Crippen LogP contribution in [0.25, 0.3) is 0 Å². The monoisotopic (exact) mass is 256 g/mol. The number of amides is 1. The Morgan fingerprint density at radius 3 is 2.56 bits per heavy atom. The number of ether oxygens (including phenoxy) is 1. The molecule has 1 saturated carbocycles. The van der Waals surface area contributed by atoms with Gasteiger partial charge in [0, 0.05) is 30.5 Å². The first-order chi connectivity index (χ1) is 8.28.